The number of rotatable bonds is 7. The minimum atomic E-state index is -0.231. The zero-order valence-corrected chi connectivity index (χ0v) is 21.4. The van der Waals surface area contributed by atoms with Gasteiger partial charge in [0.2, 0.25) is 11.8 Å². The first-order valence-corrected chi connectivity index (χ1v) is 13.0. The van der Waals surface area contributed by atoms with Gasteiger partial charge < -0.3 is 15.0 Å². The molecular formula is C25H26ClN5O4S. The Bertz CT molecular complexity index is 1310. The third-order valence-electron chi connectivity index (χ3n) is 6.43. The maximum atomic E-state index is 12.7. The standard InChI is InChI=1S/C25H26ClN5O4S/c1-35-23-18(26)5-6-19-22(23)28-25(36-19)30-13-11-29(12-14-30)10-9-27-24(34)16-3-2-4-17(15-16)31-20(32)7-8-21(31)33/h2-6,15H,7-14H2,1H3,(H,27,34). The number of hydrogen-bond acceptors (Lipinski definition) is 8. The van der Waals surface area contributed by atoms with Crippen LogP contribution in [0.1, 0.15) is 23.2 Å². The Morgan fingerprint density at radius 2 is 1.86 bits per heavy atom. The molecule has 188 valence electrons. The Labute approximate surface area is 217 Å². The number of nitrogens with one attached hydrogen (secondary N) is 1. The molecule has 5 rings (SSSR count). The molecule has 11 heteroatoms. The van der Waals surface area contributed by atoms with Crippen LogP contribution in [0.15, 0.2) is 36.4 Å². The van der Waals surface area contributed by atoms with Crippen molar-refractivity contribution >= 4 is 61.7 Å². The minimum Gasteiger partial charge on any atom is -0.493 e. The number of halogens is 1. The van der Waals surface area contributed by atoms with Gasteiger partial charge in [-0.2, -0.15) is 0 Å². The van der Waals surface area contributed by atoms with E-state index in [-0.39, 0.29) is 30.6 Å². The van der Waals surface area contributed by atoms with Gasteiger partial charge in [0.05, 0.1) is 22.5 Å². The molecule has 2 aliphatic heterocycles. The van der Waals surface area contributed by atoms with E-state index in [1.165, 1.54) is 0 Å². The van der Waals surface area contributed by atoms with Crippen molar-refractivity contribution in [3.05, 3.63) is 47.0 Å². The van der Waals surface area contributed by atoms with Crippen molar-refractivity contribution in [2.24, 2.45) is 0 Å². The minimum absolute atomic E-state index is 0.212. The van der Waals surface area contributed by atoms with Gasteiger partial charge in [0.15, 0.2) is 10.9 Å². The van der Waals surface area contributed by atoms with Gasteiger partial charge in [-0.25, -0.2) is 4.98 Å². The molecule has 0 saturated carbocycles. The molecule has 0 aliphatic carbocycles. The number of nitrogens with zero attached hydrogens (tertiary/aromatic N) is 4. The number of amides is 3. The fourth-order valence-corrected chi connectivity index (χ4v) is 5.75. The largest absolute Gasteiger partial charge is 0.493 e. The van der Waals surface area contributed by atoms with Crippen molar-refractivity contribution in [2.75, 3.05) is 56.2 Å². The molecule has 3 aromatic rings. The van der Waals surface area contributed by atoms with Crippen LogP contribution in [0.2, 0.25) is 5.02 Å². The quantitative estimate of drug-likeness (QED) is 0.471. The van der Waals surface area contributed by atoms with Crippen molar-refractivity contribution in [1.29, 1.82) is 0 Å². The van der Waals surface area contributed by atoms with Gasteiger partial charge >= 0.3 is 0 Å². The Balaban J connectivity index is 1.12. The molecule has 0 atom stereocenters. The summed E-state index contributed by atoms with van der Waals surface area (Å²) < 4.78 is 6.47. The predicted octanol–water partition coefficient (Wildman–Crippen LogP) is 3.16. The normalized spacial score (nSPS) is 16.7. The zero-order chi connectivity index (χ0) is 25.2. The van der Waals surface area contributed by atoms with E-state index in [9.17, 15) is 14.4 Å². The molecule has 0 radical (unpaired) electrons. The maximum Gasteiger partial charge on any atom is 0.251 e. The number of carbonyl (C=O) groups excluding carboxylic acids is 3. The highest BCUT2D eigenvalue weighted by atomic mass is 35.5. The highest BCUT2D eigenvalue weighted by Crippen LogP contribution is 2.38. The van der Waals surface area contributed by atoms with Crippen LogP contribution in [0.3, 0.4) is 0 Å². The highest BCUT2D eigenvalue weighted by molar-refractivity contribution is 7.22. The van der Waals surface area contributed by atoms with Gasteiger partial charge in [0.1, 0.15) is 5.52 Å². The molecule has 2 saturated heterocycles. The summed E-state index contributed by atoms with van der Waals surface area (Å²) in [6.45, 7) is 4.62. The number of ether oxygens (including phenoxy) is 1. The summed E-state index contributed by atoms with van der Waals surface area (Å²) in [5, 5.41) is 4.45. The second kappa shape index (κ2) is 10.4. The van der Waals surface area contributed by atoms with Gasteiger partial charge in [-0.3, -0.25) is 24.2 Å². The molecule has 0 bridgehead atoms. The van der Waals surface area contributed by atoms with E-state index in [4.69, 9.17) is 21.3 Å². The number of imide groups is 1. The van der Waals surface area contributed by atoms with Crippen molar-refractivity contribution in [2.45, 2.75) is 12.8 Å². The molecule has 0 spiro atoms. The smallest absolute Gasteiger partial charge is 0.251 e. The molecule has 1 aromatic heterocycles. The average molecular weight is 528 g/mol. The third kappa shape index (κ3) is 4.88. The Kier molecular flexibility index (Phi) is 7.08. The average Bonchev–Trinajstić information content (AvgIpc) is 3.47. The van der Waals surface area contributed by atoms with Crippen molar-refractivity contribution in [3.63, 3.8) is 0 Å². The van der Waals surface area contributed by atoms with Crippen LogP contribution in [-0.4, -0.2) is 74.0 Å². The van der Waals surface area contributed by atoms with Crippen LogP contribution in [0.25, 0.3) is 10.2 Å². The number of fused-ring (bicyclic) bond motifs is 1. The molecule has 3 amide bonds. The lowest BCUT2D eigenvalue weighted by Crippen LogP contribution is -2.48. The topological polar surface area (TPSA) is 95.1 Å². The summed E-state index contributed by atoms with van der Waals surface area (Å²) in [6.07, 6.45) is 0.425. The Morgan fingerprint density at radius 3 is 2.58 bits per heavy atom. The lowest BCUT2D eigenvalue weighted by molar-refractivity contribution is -0.121. The molecule has 1 N–H and O–H groups in total. The van der Waals surface area contributed by atoms with E-state index >= 15 is 0 Å². The summed E-state index contributed by atoms with van der Waals surface area (Å²) in [6, 6.07) is 10.4. The van der Waals surface area contributed by atoms with Crippen LogP contribution >= 0.6 is 22.9 Å². The fraction of sp³-hybridized carbons (Fsp3) is 0.360. The van der Waals surface area contributed by atoms with Crippen LogP contribution in [0, 0.1) is 0 Å². The molecule has 2 aromatic carbocycles. The second-order valence-corrected chi connectivity index (χ2v) is 10.1. The summed E-state index contributed by atoms with van der Waals surface area (Å²) >= 11 is 7.86. The number of thiazole rings is 1. The molecular weight excluding hydrogens is 502 g/mol. The van der Waals surface area contributed by atoms with E-state index in [1.54, 1.807) is 42.7 Å². The SMILES string of the molecule is COc1c(Cl)ccc2sc(N3CCN(CCNC(=O)c4cccc(N5C(=O)CCC5=O)c4)CC3)nc12. The van der Waals surface area contributed by atoms with E-state index in [1.807, 2.05) is 12.1 Å². The predicted molar refractivity (Wildman–Crippen MR) is 140 cm³/mol. The summed E-state index contributed by atoms with van der Waals surface area (Å²) in [5.74, 6) is -0.0807. The first kappa shape index (κ1) is 24.5. The summed E-state index contributed by atoms with van der Waals surface area (Å²) in [5.41, 5.74) is 1.66. The van der Waals surface area contributed by atoms with Gasteiger partial charge in [-0.1, -0.05) is 29.0 Å². The lowest BCUT2D eigenvalue weighted by atomic mass is 10.1. The van der Waals surface area contributed by atoms with Crippen molar-refractivity contribution in [3.8, 4) is 5.75 Å². The fourth-order valence-electron chi connectivity index (χ4n) is 4.51. The number of anilines is 2. The maximum absolute atomic E-state index is 12.7. The summed E-state index contributed by atoms with van der Waals surface area (Å²) in [4.78, 5) is 47.2. The molecule has 3 heterocycles. The highest BCUT2D eigenvalue weighted by Gasteiger charge is 2.30. The van der Waals surface area contributed by atoms with E-state index < -0.39 is 0 Å². The molecule has 36 heavy (non-hydrogen) atoms. The molecule has 2 aliphatic rings. The third-order valence-corrected chi connectivity index (χ3v) is 7.81. The van der Waals surface area contributed by atoms with Crippen molar-refractivity contribution in [1.82, 2.24) is 15.2 Å². The number of carbonyl (C=O) groups is 3. The number of benzene rings is 2. The van der Waals surface area contributed by atoms with E-state index in [0.29, 0.717) is 28.6 Å². The molecule has 2 fully saturated rings. The Hall–Kier alpha value is -3.21. The van der Waals surface area contributed by atoms with Crippen LogP contribution in [-0.2, 0) is 9.59 Å². The van der Waals surface area contributed by atoms with Crippen LogP contribution in [0.5, 0.6) is 5.75 Å². The monoisotopic (exact) mass is 527 g/mol. The van der Waals surface area contributed by atoms with Crippen LogP contribution in [0.4, 0.5) is 10.8 Å². The van der Waals surface area contributed by atoms with Gasteiger partial charge in [-0.15, -0.1) is 0 Å². The lowest BCUT2D eigenvalue weighted by Gasteiger charge is -2.34. The Morgan fingerprint density at radius 1 is 1.11 bits per heavy atom. The van der Waals surface area contributed by atoms with Crippen LogP contribution < -0.4 is 19.9 Å². The number of methoxy groups -OCH3 is 1. The molecule has 0 unspecified atom stereocenters. The number of aromatic nitrogens is 1. The number of piperazine rings is 1. The summed E-state index contributed by atoms with van der Waals surface area (Å²) in [7, 11) is 1.60. The first-order chi connectivity index (χ1) is 17.4. The zero-order valence-electron chi connectivity index (χ0n) is 19.8. The van der Waals surface area contributed by atoms with E-state index in [0.717, 1.165) is 53.0 Å². The number of hydrogen-bond donors (Lipinski definition) is 1. The second-order valence-electron chi connectivity index (χ2n) is 8.68. The first-order valence-electron chi connectivity index (χ1n) is 11.8. The van der Waals surface area contributed by atoms with E-state index in [2.05, 4.69) is 15.1 Å². The van der Waals surface area contributed by atoms with Gasteiger partial charge in [0, 0.05) is 57.7 Å². The van der Waals surface area contributed by atoms with Gasteiger partial charge in [-0.05, 0) is 30.3 Å². The van der Waals surface area contributed by atoms with Gasteiger partial charge in [0.25, 0.3) is 5.91 Å². The molecule has 9 nitrogen and oxygen atoms in total. The van der Waals surface area contributed by atoms with Crippen molar-refractivity contribution < 1.29 is 19.1 Å².